The van der Waals surface area contributed by atoms with Crippen LogP contribution in [-0.2, 0) is 6.42 Å². The predicted molar refractivity (Wildman–Crippen MR) is 86.7 cm³/mol. The van der Waals surface area contributed by atoms with Crippen molar-refractivity contribution in [3.63, 3.8) is 0 Å². The maximum Gasteiger partial charge on any atom is 0.123 e. The van der Waals surface area contributed by atoms with Crippen molar-refractivity contribution in [2.45, 2.75) is 32.7 Å². The van der Waals surface area contributed by atoms with Gasteiger partial charge >= 0.3 is 0 Å². The number of hydrogen-bond acceptors (Lipinski definition) is 3. The molecular formula is C18H24N2O. The second kappa shape index (κ2) is 7.79. The van der Waals surface area contributed by atoms with Crippen LogP contribution in [0.25, 0.3) is 0 Å². The molecule has 0 amide bonds. The van der Waals surface area contributed by atoms with Crippen LogP contribution in [0.3, 0.4) is 0 Å². The van der Waals surface area contributed by atoms with E-state index in [1.54, 1.807) is 7.11 Å². The van der Waals surface area contributed by atoms with E-state index in [2.05, 4.69) is 42.3 Å². The zero-order chi connectivity index (χ0) is 15.1. The largest absolute Gasteiger partial charge is 0.496 e. The fourth-order valence-corrected chi connectivity index (χ4v) is 2.46. The van der Waals surface area contributed by atoms with Crippen molar-refractivity contribution < 1.29 is 4.74 Å². The van der Waals surface area contributed by atoms with E-state index in [9.17, 15) is 0 Å². The van der Waals surface area contributed by atoms with Crippen molar-refractivity contribution >= 4 is 0 Å². The highest BCUT2D eigenvalue weighted by atomic mass is 16.5. The molecule has 0 aliphatic carbocycles. The number of methoxy groups -OCH3 is 1. The van der Waals surface area contributed by atoms with E-state index in [4.69, 9.17) is 4.74 Å². The summed E-state index contributed by atoms with van der Waals surface area (Å²) in [6.07, 6.45) is 3.81. The standard InChI is InChI=1S/C18H24N2O/c1-4-10-20-17(13-15-7-5-6-11-19-15)16-12-14(2)8-9-18(16)21-3/h5-9,11-12,17,20H,4,10,13H2,1-3H3. The number of rotatable bonds is 7. The number of benzene rings is 1. The molecule has 1 aromatic heterocycles. The van der Waals surface area contributed by atoms with Crippen LogP contribution in [0.15, 0.2) is 42.6 Å². The summed E-state index contributed by atoms with van der Waals surface area (Å²) in [6.45, 7) is 5.27. The van der Waals surface area contributed by atoms with Gasteiger partial charge in [0.2, 0.25) is 0 Å². The van der Waals surface area contributed by atoms with Crippen LogP contribution in [-0.4, -0.2) is 18.6 Å². The van der Waals surface area contributed by atoms with Gasteiger partial charge in [-0.15, -0.1) is 0 Å². The van der Waals surface area contributed by atoms with E-state index in [1.807, 2.05) is 24.4 Å². The summed E-state index contributed by atoms with van der Waals surface area (Å²) in [7, 11) is 1.73. The lowest BCUT2D eigenvalue weighted by Gasteiger charge is -2.21. The van der Waals surface area contributed by atoms with Crippen LogP contribution in [0.1, 0.15) is 36.2 Å². The van der Waals surface area contributed by atoms with Gasteiger partial charge < -0.3 is 10.1 Å². The predicted octanol–water partition coefficient (Wildman–Crippen LogP) is 3.68. The third-order valence-electron chi connectivity index (χ3n) is 3.54. The van der Waals surface area contributed by atoms with Crippen molar-refractivity contribution in [3.05, 3.63) is 59.4 Å². The summed E-state index contributed by atoms with van der Waals surface area (Å²) >= 11 is 0. The molecule has 1 atom stereocenters. The molecule has 2 rings (SSSR count). The highest BCUT2D eigenvalue weighted by Crippen LogP contribution is 2.28. The van der Waals surface area contributed by atoms with Crippen molar-refractivity contribution in [2.24, 2.45) is 0 Å². The van der Waals surface area contributed by atoms with Gasteiger partial charge in [0.05, 0.1) is 7.11 Å². The minimum atomic E-state index is 0.217. The molecule has 1 N–H and O–H groups in total. The van der Waals surface area contributed by atoms with E-state index in [-0.39, 0.29) is 6.04 Å². The van der Waals surface area contributed by atoms with Crippen molar-refractivity contribution in [2.75, 3.05) is 13.7 Å². The van der Waals surface area contributed by atoms with E-state index in [0.29, 0.717) is 0 Å². The van der Waals surface area contributed by atoms with E-state index < -0.39 is 0 Å². The summed E-state index contributed by atoms with van der Waals surface area (Å²) < 4.78 is 5.54. The second-order valence-corrected chi connectivity index (χ2v) is 5.28. The lowest BCUT2D eigenvalue weighted by atomic mass is 9.98. The molecule has 1 unspecified atom stereocenters. The van der Waals surface area contributed by atoms with Crippen LogP contribution < -0.4 is 10.1 Å². The van der Waals surface area contributed by atoms with Crippen LogP contribution in [0.4, 0.5) is 0 Å². The van der Waals surface area contributed by atoms with Crippen LogP contribution >= 0.6 is 0 Å². The molecule has 0 aliphatic heterocycles. The molecule has 0 saturated carbocycles. The molecule has 21 heavy (non-hydrogen) atoms. The maximum atomic E-state index is 5.54. The van der Waals surface area contributed by atoms with Gasteiger partial charge in [-0.1, -0.05) is 30.7 Å². The molecule has 0 bridgehead atoms. The maximum absolute atomic E-state index is 5.54. The van der Waals surface area contributed by atoms with Crippen molar-refractivity contribution in [1.29, 1.82) is 0 Å². The first-order valence-electron chi connectivity index (χ1n) is 7.52. The second-order valence-electron chi connectivity index (χ2n) is 5.28. The normalized spacial score (nSPS) is 12.1. The Balaban J connectivity index is 2.28. The first-order valence-corrected chi connectivity index (χ1v) is 7.52. The molecule has 0 radical (unpaired) electrons. The van der Waals surface area contributed by atoms with Gasteiger partial charge in [0.1, 0.15) is 5.75 Å². The molecular weight excluding hydrogens is 260 g/mol. The van der Waals surface area contributed by atoms with Gasteiger partial charge in [0.15, 0.2) is 0 Å². The number of aromatic nitrogens is 1. The zero-order valence-corrected chi connectivity index (χ0v) is 13.1. The highest BCUT2D eigenvalue weighted by molar-refractivity contribution is 5.39. The SMILES string of the molecule is CCCNC(Cc1ccccn1)c1cc(C)ccc1OC. The Kier molecular flexibility index (Phi) is 5.76. The molecule has 0 saturated heterocycles. The van der Waals surface area contributed by atoms with Gasteiger partial charge in [0.25, 0.3) is 0 Å². The smallest absolute Gasteiger partial charge is 0.123 e. The number of hydrogen-bond donors (Lipinski definition) is 1. The van der Waals surface area contributed by atoms with E-state index >= 15 is 0 Å². The molecule has 112 valence electrons. The molecule has 1 aromatic carbocycles. The molecule has 3 nitrogen and oxygen atoms in total. The van der Waals surface area contributed by atoms with Crippen LogP contribution in [0.5, 0.6) is 5.75 Å². The molecule has 2 aromatic rings. The third-order valence-corrected chi connectivity index (χ3v) is 3.54. The molecule has 3 heteroatoms. The Bertz CT molecular complexity index is 554. The number of aryl methyl sites for hydroxylation is 1. The van der Waals surface area contributed by atoms with Crippen LogP contribution in [0, 0.1) is 6.92 Å². The lowest BCUT2D eigenvalue weighted by Crippen LogP contribution is -2.25. The quantitative estimate of drug-likeness (QED) is 0.842. The van der Waals surface area contributed by atoms with Gasteiger partial charge in [-0.3, -0.25) is 4.98 Å². The highest BCUT2D eigenvalue weighted by Gasteiger charge is 2.17. The molecule has 1 heterocycles. The summed E-state index contributed by atoms with van der Waals surface area (Å²) in [5, 5.41) is 3.62. The topological polar surface area (TPSA) is 34.2 Å². The van der Waals surface area contributed by atoms with E-state index in [1.165, 1.54) is 11.1 Å². The van der Waals surface area contributed by atoms with Crippen molar-refractivity contribution in [3.8, 4) is 5.75 Å². The Hall–Kier alpha value is -1.87. The number of nitrogens with zero attached hydrogens (tertiary/aromatic N) is 1. The minimum absolute atomic E-state index is 0.217. The monoisotopic (exact) mass is 284 g/mol. The molecule has 0 fully saturated rings. The van der Waals surface area contributed by atoms with E-state index in [0.717, 1.165) is 30.8 Å². The summed E-state index contributed by atoms with van der Waals surface area (Å²) in [4.78, 5) is 4.45. The van der Waals surface area contributed by atoms with Gasteiger partial charge in [-0.05, 0) is 38.1 Å². The average molecular weight is 284 g/mol. The number of pyridine rings is 1. The lowest BCUT2D eigenvalue weighted by molar-refractivity contribution is 0.397. The van der Waals surface area contributed by atoms with Gasteiger partial charge in [-0.25, -0.2) is 0 Å². The summed E-state index contributed by atoms with van der Waals surface area (Å²) in [6, 6.07) is 12.6. The molecule has 0 aliphatic rings. The summed E-state index contributed by atoms with van der Waals surface area (Å²) in [5.41, 5.74) is 3.54. The summed E-state index contributed by atoms with van der Waals surface area (Å²) in [5.74, 6) is 0.935. The number of nitrogens with one attached hydrogen (secondary N) is 1. The Morgan fingerprint density at radius 1 is 1.24 bits per heavy atom. The average Bonchev–Trinajstić information content (AvgIpc) is 2.52. The minimum Gasteiger partial charge on any atom is -0.496 e. The first-order chi connectivity index (χ1) is 10.2. The Morgan fingerprint density at radius 2 is 2.10 bits per heavy atom. The van der Waals surface area contributed by atoms with Crippen molar-refractivity contribution in [1.82, 2.24) is 10.3 Å². The number of ether oxygens (including phenoxy) is 1. The third kappa shape index (κ3) is 4.30. The Morgan fingerprint density at radius 3 is 2.76 bits per heavy atom. The van der Waals surface area contributed by atoms with Gasteiger partial charge in [-0.2, -0.15) is 0 Å². The Labute approximate surface area is 127 Å². The zero-order valence-electron chi connectivity index (χ0n) is 13.1. The van der Waals surface area contributed by atoms with Gasteiger partial charge in [0, 0.05) is 29.9 Å². The first kappa shape index (κ1) is 15.5. The fraction of sp³-hybridized carbons (Fsp3) is 0.389. The molecule has 0 spiro atoms. The fourth-order valence-electron chi connectivity index (χ4n) is 2.46. The van der Waals surface area contributed by atoms with Crippen LogP contribution in [0.2, 0.25) is 0 Å².